The zero-order valence-corrected chi connectivity index (χ0v) is 44.7. The highest BCUT2D eigenvalue weighted by Crippen LogP contribution is 2.70. The molecule has 3 fully saturated rings. The second kappa shape index (κ2) is 21.4. The molecule has 0 heterocycles. The Morgan fingerprint density at radius 1 is 0.808 bits per heavy atom. The largest absolute Gasteiger partial charge is 0.508 e. The number of esters is 2. The lowest BCUT2D eigenvalue weighted by Gasteiger charge is -2.64. The fourth-order valence-electron chi connectivity index (χ4n) is 15.6. The van der Waals surface area contributed by atoms with Gasteiger partial charge in [0.05, 0.1) is 25.7 Å². The SMILES string of the molecule is CNCc1cccc(-c2cc(O)cc3ccc(C4(C(=O)OC5CC(OC(C)=O)C6Cc7cc(OC)c(O)cc7C7CC(O)C8Cc9cc(O)c(OC)cc9C(C5)C8C76C=Cc5ccccc5)CCCC4CCC(O)O)cc23)c1. The lowest BCUT2D eigenvalue weighted by atomic mass is 9.40. The van der Waals surface area contributed by atoms with Gasteiger partial charge in [-0.05, 0) is 197 Å². The number of rotatable bonds is 14. The van der Waals surface area contributed by atoms with Gasteiger partial charge in [0, 0.05) is 31.2 Å². The van der Waals surface area contributed by atoms with Crippen LogP contribution in [0.25, 0.3) is 28.0 Å². The molecule has 11 rings (SSSR count). The third-order valence-corrected chi connectivity index (χ3v) is 18.7. The Bertz CT molecular complexity index is 3260. The molecule has 408 valence electrons. The molecule has 13 nitrogen and oxygen atoms in total. The number of fused-ring (bicyclic) bond motifs is 5. The topological polar surface area (TPSA) is 204 Å². The lowest BCUT2D eigenvalue weighted by Crippen LogP contribution is -2.62. The van der Waals surface area contributed by atoms with E-state index >= 15 is 4.79 Å². The maximum atomic E-state index is 16.2. The summed E-state index contributed by atoms with van der Waals surface area (Å²) in [5.41, 5.74) is 5.93. The molecule has 13 heteroatoms. The average Bonchev–Trinajstić information content (AvgIpc) is 2.36. The lowest BCUT2D eigenvalue weighted by molar-refractivity contribution is -0.179. The van der Waals surface area contributed by atoms with Gasteiger partial charge in [0.15, 0.2) is 29.3 Å². The van der Waals surface area contributed by atoms with Crippen LogP contribution in [0, 0.1) is 29.1 Å². The summed E-state index contributed by atoms with van der Waals surface area (Å²) in [6.07, 6.45) is 4.04. The Balaban J connectivity index is 1.10. The van der Waals surface area contributed by atoms with Gasteiger partial charge >= 0.3 is 11.9 Å². The Morgan fingerprint density at radius 2 is 1.58 bits per heavy atom. The molecule has 0 bridgehead atoms. The van der Waals surface area contributed by atoms with Gasteiger partial charge in [-0.25, -0.2) is 0 Å². The first kappa shape index (κ1) is 53.1. The molecule has 11 atom stereocenters. The van der Waals surface area contributed by atoms with Gasteiger partial charge < -0.3 is 54.9 Å². The number of aromatic hydroxyl groups is 3. The van der Waals surface area contributed by atoms with Crippen molar-refractivity contribution in [2.75, 3.05) is 21.3 Å². The first-order chi connectivity index (χ1) is 37.6. The number of carbonyl (C=O) groups excluding carboxylic acids is 2. The van der Waals surface area contributed by atoms with E-state index in [1.54, 1.807) is 24.3 Å². The van der Waals surface area contributed by atoms with Crippen molar-refractivity contribution in [2.45, 2.75) is 120 Å². The highest BCUT2D eigenvalue weighted by molar-refractivity contribution is 5.99. The number of aliphatic hydroxyl groups excluding tert-OH is 2. The fraction of sp³-hybridized carbons (Fsp3) is 0.415. The summed E-state index contributed by atoms with van der Waals surface area (Å²) in [6, 6.07) is 34.9. The van der Waals surface area contributed by atoms with Crippen LogP contribution in [-0.4, -0.2) is 88.4 Å². The number of aliphatic hydroxyl groups is 3. The number of allylic oxidation sites excluding steroid dienone is 1. The summed E-state index contributed by atoms with van der Waals surface area (Å²) in [5, 5.41) is 72.3. The molecule has 0 spiro atoms. The summed E-state index contributed by atoms with van der Waals surface area (Å²) in [7, 11) is 4.92. The number of benzene rings is 6. The molecule has 0 radical (unpaired) electrons. The summed E-state index contributed by atoms with van der Waals surface area (Å²) < 4.78 is 25.4. The third-order valence-electron chi connectivity index (χ3n) is 18.7. The van der Waals surface area contributed by atoms with E-state index in [4.69, 9.17) is 18.9 Å². The van der Waals surface area contributed by atoms with Crippen molar-refractivity contribution in [1.82, 2.24) is 5.32 Å². The van der Waals surface area contributed by atoms with E-state index in [9.17, 15) is 35.4 Å². The standard InChI is InChI=1S/C65H71NO12/c1-36(67)77-58-31-46(78-63(74)64(20-9-14-43(64)17-18-61(72)73)44-16-15-40-23-45(68)29-48(47(40)28-44)39-13-8-12-38(22-39)35-66-2)30-51-49-33-60(76-4)56(70)26-41(49)24-52-55(69)34-53-50-32-57(71)59(75-3)27-42(50)25-54(58)65(53,62(51)52)21-19-37-10-6-5-7-11-37/h5-8,10-13,15-16,19,21-23,26-29,32-33,43,46,51-55,58,61-62,66,68-73H,9,14,17-18,20,24-25,30-31,34-35H2,1-4H3. The van der Waals surface area contributed by atoms with E-state index < -0.39 is 59.2 Å². The summed E-state index contributed by atoms with van der Waals surface area (Å²) in [5.74, 6) is -2.58. The molecule has 78 heavy (non-hydrogen) atoms. The van der Waals surface area contributed by atoms with Crippen molar-refractivity contribution in [2.24, 2.45) is 29.1 Å². The average molecular weight is 1060 g/mol. The van der Waals surface area contributed by atoms with Gasteiger partial charge in [0.2, 0.25) is 0 Å². The zero-order chi connectivity index (χ0) is 54.6. The van der Waals surface area contributed by atoms with Gasteiger partial charge in [0.1, 0.15) is 18.0 Å². The van der Waals surface area contributed by atoms with E-state index in [-0.39, 0.29) is 60.2 Å². The van der Waals surface area contributed by atoms with Gasteiger partial charge in [-0.3, -0.25) is 9.59 Å². The molecule has 0 amide bonds. The van der Waals surface area contributed by atoms with E-state index in [2.05, 4.69) is 23.5 Å². The number of carbonyl (C=O) groups is 2. The number of nitrogens with one attached hydrogen (secondary N) is 1. The van der Waals surface area contributed by atoms with Gasteiger partial charge in [0.25, 0.3) is 0 Å². The third kappa shape index (κ3) is 9.35. The minimum atomic E-state index is -1.59. The van der Waals surface area contributed by atoms with Crippen molar-refractivity contribution >= 4 is 28.8 Å². The fourth-order valence-corrected chi connectivity index (χ4v) is 15.6. The van der Waals surface area contributed by atoms with Crippen LogP contribution >= 0.6 is 0 Å². The molecule has 5 aliphatic carbocycles. The molecule has 11 unspecified atom stereocenters. The smallest absolute Gasteiger partial charge is 0.317 e. The predicted octanol–water partition coefficient (Wildman–Crippen LogP) is 10.1. The minimum Gasteiger partial charge on any atom is -0.508 e. The molecule has 7 N–H and O–H groups in total. The Morgan fingerprint density at radius 3 is 2.33 bits per heavy atom. The Kier molecular flexibility index (Phi) is 14.6. The van der Waals surface area contributed by atoms with Gasteiger partial charge in [-0.2, -0.15) is 0 Å². The van der Waals surface area contributed by atoms with Crippen molar-refractivity contribution in [3.8, 4) is 39.9 Å². The molecule has 6 aromatic carbocycles. The molecule has 0 saturated heterocycles. The maximum Gasteiger partial charge on any atom is 0.317 e. The van der Waals surface area contributed by atoms with Crippen LogP contribution in [0.2, 0.25) is 0 Å². The predicted molar refractivity (Wildman–Crippen MR) is 296 cm³/mol. The second-order valence-corrected chi connectivity index (χ2v) is 22.8. The van der Waals surface area contributed by atoms with Crippen molar-refractivity contribution in [3.63, 3.8) is 0 Å². The Hall–Kier alpha value is -6.90. The maximum absolute atomic E-state index is 16.2. The molecule has 6 aromatic rings. The molecule has 5 aliphatic rings. The van der Waals surface area contributed by atoms with Gasteiger partial charge in [-0.1, -0.05) is 79.2 Å². The number of methoxy groups -OCH3 is 2. The molecular weight excluding hydrogens is 987 g/mol. The number of hydrogen-bond acceptors (Lipinski definition) is 13. The molecular formula is C65H71NO12. The van der Waals surface area contributed by atoms with E-state index in [0.29, 0.717) is 63.0 Å². The van der Waals surface area contributed by atoms with Crippen LogP contribution in [0.15, 0.2) is 115 Å². The molecule has 0 aromatic heterocycles. The normalized spacial score (nSPS) is 28.0. The number of phenolic OH excluding ortho intramolecular Hbond substituents is 3. The number of ether oxygens (including phenoxy) is 4. The van der Waals surface area contributed by atoms with E-state index in [0.717, 1.165) is 60.8 Å². The second-order valence-electron chi connectivity index (χ2n) is 22.8. The van der Waals surface area contributed by atoms with Crippen molar-refractivity contribution in [1.29, 1.82) is 0 Å². The Labute approximate surface area is 455 Å². The first-order valence-corrected chi connectivity index (χ1v) is 27.6. The number of hydrogen-bond donors (Lipinski definition) is 7. The van der Waals surface area contributed by atoms with Crippen LogP contribution in [0.4, 0.5) is 0 Å². The summed E-state index contributed by atoms with van der Waals surface area (Å²) in [4.78, 5) is 30.0. The quantitative estimate of drug-likeness (QED) is 0.0401. The number of phenols is 3. The van der Waals surface area contributed by atoms with Crippen LogP contribution in [0.3, 0.4) is 0 Å². The van der Waals surface area contributed by atoms with Crippen molar-refractivity contribution in [3.05, 3.63) is 154 Å². The van der Waals surface area contributed by atoms with Crippen molar-refractivity contribution < 1.29 is 59.2 Å². The van der Waals surface area contributed by atoms with E-state index in [1.807, 2.05) is 85.9 Å². The van der Waals surface area contributed by atoms with Crippen LogP contribution in [0.5, 0.6) is 28.7 Å². The minimum absolute atomic E-state index is 0.0132. The van der Waals surface area contributed by atoms with E-state index in [1.165, 1.54) is 21.1 Å². The highest BCUT2D eigenvalue weighted by atomic mass is 16.6. The first-order valence-electron chi connectivity index (χ1n) is 27.6. The van der Waals surface area contributed by atoms with Crippen LogP contribution < -0.4 is 14.8 Å². The molecule has 0 aliphatic heterocycles. The zero-order valence-electron chi connectivity index (χ0n) is 44.7. The summed E-state index contributed by atoms with van der Waals surface area (Å²) >= 11 is 0. The highest BCUT2D eigenvalue weighted by Gasteiger charge is 2.66. The van der Waals surface area contributed by atoms with Gasteiger partial charge in [-0.15, -0.1) is 0 Å². The molecule has 3 saturated carbocycles. The summed E-state index contributed by atoms with van der Waals surface area (Å²) in [6.45, 7) is 2.05. The monoisotopic (exact) mass is 1060 g/mol. The van der Waals surface area contributed by atoms with Crippen LogP contribution in [-0.2, 0) is 43.9 Å². The van der Waals surface area contributed by atoms with Crippen LogP contribution in [0.1, 0.15) is 109 Å².